The Bertz CT molecular complexity index is 523. The van der Waals surface area contributed by atoms with Gasteiger partial charge >= 0.3 is 0 Å². The summed E-state index contributed by atoms with van der Waals surface area (Å²) in [4.78, 5) is 12.7. The van der Waals surface area contributed by atoms with Gasteiger partial charge < -0.3 is 4.74 Å². The van der Waals surface area contributed by atoms with Crippen LogP contribution in [0.2, 0.25) is 5.02 Å². The Morgan fingerprint density at radius 1 is 1.37 bits per heavy atom. The molecule has 4 heteroatoms. The van der Waals surface area contributed by atoms with Gasteiger partial charge in [-0.3, -0.25) is 4.79 Å². The molecule has 0 amide bonds. The summed E-state index contributed by atoms with van der Waals surface area (Å²) < 4.78 is 6.95. The highest BCUT2D eigenvalue weighted by atomic mass is 127. The van der Waals surface area contributed by atoms with Gasteiger partial charge in [-0.1, -0.05) is 17.7 Å². The maximum absolute atomic E-state index is 12.7. The van der Waals surface area contributed by atoms with Crippen molar-refractivity contribution >= 4 is 40.0 Å². The van der Waals surface area contributed by atoms with Gasteiger partial charge in [0, 0.05) is 9.13 Å². The van der Waals surface area contributed by atoms with E-state index in [-0.39, 0.29) is 17.3 Å². The number of carbonyl (C=O) groups is 1. The Morgan fingerprint density at radius 3 is 2.47 bits per heavy atom. The number of ketones is 1. The third kappa shape index (κ3) is 3.14. The van der Waals surface area contributed by atoms with E-state index in [9.17, 15) is 4.79 Å². The number of benzene rings is 1. The fourth-order valence-electron chi connectivity index (χ4n) is 2.82. The van der Waals surface area contributed by atoms with Gasteiger partial charge in [0.25, 0.3) is 0 Å². The van der Waals surface area contributed by atoms with Crippen molar-refractivity contribution in [1.29, 1.82) is 0 Å². The van der Waals surface area contributed by atoms with Crippen LogP contribution in [0.15, 0.2) is 18.2 Å². The van der Waals surface area contributed by atoms with Crippen LogP contribution in [0, 0.1) is 9.49 Å². The number of Topliss-reactive ketones (excluding diaryl/α,β-unsaturated/α-hetero) is 1. The highest BCUT2D eigenvalue weighted by Crippen LogP contribution is 2.43. The van der Waals surface area contributed by atoms with Crippen LogP contribution in [0.25, 0.3) is 0 Å². The molecular formula is C15H18ClIO2. The lowest BCUT2D eigenvalue weighted by atomic mass is 9.82. The normalized spacial score (nSPS) is 24.4. The Morgan fingerprint density at radius 2 is 2.00 bits per heavy atom. The van der Waals surface area contributed by atoms with E-state index in [1.165, 1.54) is 0 Å². The maximum Gasteiger partial charge on any atom is 0.168 e. The van der Waals surface area contributed by atoms with Crippen LogP contribution in [0.4, 0.5) is 0 Å². The molecule has 104 valence electrons. The number of hydrogen-bond acceptors (Lipinski definition) is 2. The monoisotopic (exact) mass is 392 g/mol. The first-order valence-electron chi connectivity index (χ1n) is 6.32. The third-order valence-corrected chi connectivity index (χ3v) is 5.17. The van der Waals surface area contributed by atoms with Crippen molar-refractivity contribution in [2.24, 2.45) is 5.92 Å². The van der Waals surface area contributed by atoms with Crippen molar-refractivity contribution in [2.75, 3.05) is 0 Å². The first-order chi connectivity index (χ1) is 8.62. The molecule has 1 aliphatic rings. The molecule has 1 aromatic rings. The molecular weight excluding hydrogens is 375 g/mol. The second-order valence-electron chi connectivity index (χ2n) is 6.22. The molecule has 2 rings (SSSR count). The fourth-order valence-corrected chi connectivity index (χ4v) is 3.34. The van der Waals surface area contributed by atoms with Gasteiger partial charge in [-0.15, -0.1) is 0 Å². The highest BCUT2D eigenvalue weighted by Gasteiger charge is 2.49. The first-order valence-corrected chi connectivity index (χ1v) is 7.77. The van der Waals surface area contributed by atoms with E-state index in [4.69, 9.17) is 16.3 Å². The molecule has 2 nitrogen and oxygen atoms in total. The van der Waals surface area contributed by atoms with Gasteiger partial charge in [0.1, 0.15) is 0 Å². The minimum atomic E-state index is -0.434. The van der Waals surface area contributed by atoms with E-state index < -0.39 is 5.60 Å². The molecule has 0 bridgehead atoms. The molecule has 1 unspecified atom stereocenters. The van der Waals surface area contributed by atoms with E-state index in [1.807, 2.05) is 39.8 Å². The van der Waals surface area contributed by atoms with Gasteiger partial charge in [-0.05, 0) is 68.8 Å². The van der Waals surface area contributed by atoms with Gasteiger partial charge in [0.15, 0.2) is 5.78 Å². The lowest BCUT2D eigenvalue weighted by Gasteiger charge is -2.26. The third-order valence-electron chi connectivity index (χ3n) is 3.59. The molecule has 0 aromatic heterocycles. The molecule has 1 aliphatic heterocycles. The molecule has 0 radical (unpaired) electrons. The predicted molar refractivity (Wildman–Crippen MR) is 85.8 cm³/mol. The van der Waals surface area contributed by atoms with E-state index in [2.05, 4.69) is 22.6 Å². The van der Waals surface area contributed by atoms with Crippen molar-refractivity contribution in [2.45, 2.75) is 45.3 Å². The summed E-state index contributed by atoms with van der Waals surface area (Å²) in [6, 6.07) is 5.48. The molecule has 1 atom stereocenters. The van der Waals surface area contributed by atoms with Crippen molar-refractivity contribution in [1.82, 2.24) is 0 Å². The lowest BCUT2D eigenvalue weighted by molar-refractivity contribution is -0.0712. The van der Waals surface area contributed by atoms with E-state index in [0.29, 0.717) is 10.6 Å². The second kappa shape index (κ2) is 5.01. The number of rotatable bonds is 2. The summed E-state index contributed by atoms with van der Waals surface area (Å²) in [7, 11) is 0. The van der Waals surface area contributed by atoms with Crippen molar-refractivity contribution < 1.29 is 9.53 Å². The Balaban J connectivity index is 2.31. The topological polar surface area (TPSA) is 26.3 Å². The van der Waals surface area contributed by atoms with Crippen molar-refractivity contribution in [3.63, 3.8) is 0 Å². The van der Waals surface area contributed by atoms with Crippen LogP contribution in [0.5, 0.6) is 0 Å². The summed E-state index contributed by atoms with van der Waals surface area (Å²) >= 11 is 8.26. The Labute approximate surface area is 133 Å². The predicted octanol–water partition coefficient (Wildman–Crippen LogP) is 4.72. The van der Waals surface area contributed by atoms with E-state index >= 15 is 0 Å². The van der Waals surface area contributed by atoms with Crippen LogP contribution in [-0.4, -0.2) is 17.0 Å². The molecule has 1 heterocycles. The summed E-state index contributed by atoms with van der Waals surface area (Å²) in [5.41, 5.74) is -0.0165. The zero-order valence-corrected chi connectivity index (χ0v) is 14.5. The van der Waals surface area contributed by atoms with E-state index in [0.717, 1.165) is 9.99 Å². The number of carbonyl (C=O) groups excluding carboxylic acids is 1. The largest absolute Gasteiger partial charge is 0.369 e. The molecule has 19 heavy (non-hydrogen) atoms. The summed E-state index contributed by atoms with van der Waals surface area (Å²) in [6.45, 7) is 8.03. The van der Waals surface area contributed by atoms with Crippen molar-refractivity contribution in [3.05, 3.63) is 32.4 Å². The van der Waals surface area contributed by atoms with Gasteiger partial charge in [-0.25, -0.2) is 0 Å². The molecule has 1 aromatic carbocycles. The molecule has 0 N–H and O–H groups in total. The van der Waals surface area contributed by atoms with Crippen LogP contribution in [0.1, 0.15) is 44.5 Å². The van der Waals surface area contributed by atoms with Crippen molar-refractivity contribution in [3.8, 4) is 0 Å². The zero-order chi connectivity index (χ0) is 14.4. The minimum Gasteiger partial charge on any atom is -0.369 e. The second-order valence-corrected chi connectivity index (χ2v) is 7.78. The van der Waals surface area contributed by atoms with E-state index in [1.54, 1.807) is 6.07 Å². The molecule has 0 aliphatic carbocycles. The summed E-state index contributed by atoms with van der Waals surface area (Å²) in [5, 5.41) is 0.627. The number of hydrogen-bond donors (Lipinski definition) is 0. The van der Waals surface area contributed by atoms with Crippen LogP contribution < -0.4 is 0 Å². The van der Waals surface area contributed by atoms with Crippen LogP contribution >= 0.6 is 34.2 Å². The summed E-state index contributed by atoms with van der Waals surface area (Å²) in [6.07, 6.45) is 0.739. The molecule has 0 saturated carbocycles. The minimum absolute atomic E-state index is 0.119. The first kappa shape index (κ1) is 15.3. The fraction of sp³-hybridized carbons (Fsp3) is 0.533. The summed E-state index contributed by atoms with van der Waals surface area (Å²) in [5.74, 6) is -0.00694. The lowest BCUT2D eigenvalue weighted by Crippen LogP contribution is -2.33. The SMILES string of the molecule is CC1(C)CC(C(=O)c2ccc(I)c(Cl)c2)C(C)(C)O1. The number of halogens is 2. The smallest absolute Gasteiger partial charge is 0.168 e. The molecule has 1 saturated heterocycles. The quantitative estimate of drug-likeness (QED) is 0.538. The zero-order valence-electron chi connectivity index (χ0n) is 11.6. The molecule has 0 spiro atoms. The maximum atomic E-state index is 12.7. The molecule has 1 fully saturated rings. The van der Waals surface area contributed by atoms with Crippen LogP contribution in [0.3, 0.4) is 0 Å². The standard InChI is InChI=1S/C15H18ClIO2/c1-14(2)8-10(15(3,4)19-14)13(18)9-5-6-12(17)11(16)7-9/h5-7,10H,8H2,1-4H3. The highest BCUT2D eigenvalue weighted by molar-refractivity contribution is 14.1. The van der Waals surface area contributed by atoms with Gasteiger partial charge in [-0.2, -0.15) is 0 Å². The average Bonchev–Trinajstić information content (AvgIpc) is 2.49. The average molecular weight is 393 g/mol. The number of ether oxygens (including phenoxy) is 1. The van der Waals surface area contributed by atoms with Gasteiger partial charge in [0.05, 0.1) is 22.1 Å². The van der Waals surface area contributed by atoms with Crippen LogP contribution in [-0.2, 0) is 4.74 Å². The van der Waals surface area contributed by atoms with Gasteiger partial charge in [0.2, 0.25) is 0 Å². The Hall–Kier alpha value is -0.130. The Kier molecular flexibility index (Phi) is 4.02.